The third-order valence-corrected chi connectivity index (χ3v) is 6.20. The van der Waals surface area contributed by atoms with Crippen molar-refractivity contribution < 1.29 is 18.7 Å². The molecule has 0 saturated carbocycles. The summed E-state index contributed by atoms with van der Waals surface area (Å²) in [6.07, 6.45) is 4.29. The normalized spacial score (nSPS) is 13.3. The van der Waals surface area contributed by atoms with E-state index in [9.17, 15) is 14.0 Å². The van der Waals surface area contributed by atoms with Gasteiger partial charge in [-0.15, -0.1) is 0 Å². The van der Waals surface area contributed by atoms with Gasteiger partial charge in [-0.05, 0) is 54.3 Å². The number of rotatable bonds is 10. The van der Waals surface area contributed by atoms with E-state index < -0.39 is 0 Å². The number of hydrogen-bond acceptors (Lipinski definition) is 7. The Morgan fingerprint density at radius 2 is 2.00 bits per heavy atom. The lowest BCUT2D eigenvalue weighted by atomic mass is 9.96. The number of allylic oxidation sites excluding steroid dienone is 1. The molecule has 0 spiro atoms. The molecule has 39 heavy (non-hydrogen) atoms. The Labute approximate surface area is 235 Å². The molecule has 0 saturated heterocycles. The number of aldehydes is 1. The van der Waals surface area contributed by atoms with Gasteiger partial charge in [0.2, 0.25) is 0 Å². The molecule has 1 aliphatic rings. The molecule has 1 aliphatic heterocycles. The van der Waals surface area contributed by atoms with Crippen LogP contribution in [0.3, 0.4) is 0 Å². The molecule has 1 unspecified atom stereocenters. The lowest BCUT2D eigenvalue weighted by Gasteiger charge is -2.11. The van der Waals surface area contributed by atoms with Crippen LogP contribution >= 0.6 is 11.6 Å². The molecular formula is C29H39ClFN5O3. The number of nitrogens with one attached hydrogen (secondary N) is 1. The van der Waals surface area contributed by atoms with Crippen LogP contribution in [0, 0.1) is 5.82 Å². The molecule has 8 nitrogen and oxygen atoms in total. The molecule has 3 rings (SSSR count). The minimum Gasteiger partial charge on any atom is -0.497 e. The van der Waals surface area contributed by atoms with Gasteiger partial charge in [0.05, 0.1) is 24.4 Å². The molecule has 0 radical (unpaired) electrons. The van der Waals surface area contributed by atoms with Crippen molar-refractivity contribution >= 4 is 35.7 Å². The quantitative estimate of drug-likeness (QED) is 0.284. The summed E-state index contributed by atoms with van der Waals surface area (Å²) in [7, 11) is 4.75. The molecule has 2 aromatic rings. The second-order valence-electron chi connectivity index (χ2n) is 8.55. The van der Waals surface area contributed by atoms with Crippen LogP contribution in [0.25, 0.3) is 5.70 Å². The molecule has 0 aromatic heterocycles. The molecule has 1 amide bonds. The zero-order chi connectivity index (χ0) is 29.5. The monoisotopic (exact) mass is 559 g/mol. The number of amides is 1. The molecule has 0 bridgehead atoms. The minimum atomic E-state index is -0.220. The highest BCUT2D eigenvalue weighted by Crippen LogP contribution is 2.27. The van der Waals surface area contributed by atoms with Crippen LogP contribution in [0.1, 0.15) is 59.7 Å². The fraction of sp³-hybridized carbons (Fsp3) is 0.345. The maximum Gasteiger partial charge on any atom is 0.254 e. The first-order valence-electron chi connectivity index (χ1n) is 12.5. The van der Waals surface area contributed by atoms with Crippen molar-refractivity contribution in [1.82, 2.24) is 10.2 Å². The number of carbonyl (C=O) groups excluding carboxylic acids is 2. The highest BCUT2D eigenvalue weighted by molar-refractivity contribution is 6.42. The number of benzene rings is 2. The Morgan fingerprint density at radius 1 is 1.31 bits per heavy atom. The Hall–Kier alpha value is -3.69. The molecule has 0 aliphatic carbocycles. The Kier molecular flexibility index (Phi) is 14.5. The number of hydrogen-bond donors (Lipinski definition) is 3. The van der Waals surface area contributed by atoms with Crippen molar-refractivity contribution in [1.29, 1.82) is 0 Å². The summed E-state index contributed by atoms with van der Waals surface area (Å²) in [5, 5.41) is 3.01. The van der Waals surface area contributed by atoms with Gasteiger partial charge in [0.25, 0.3) is 5.91 Å². The lowest BCUT2D eigenvalue weighted by Crippen LogP contribution is -2.25. The number of aliphatic imine (C=N–C) groups is 1. The Morgan fingerprint density at radius 3 is 2.59 bits per heavy atom. The standard InChI is InChI=1S/C16H17ClN4O2.C12H17FO.CH5N/c1-10(19-2)20-8-14(17)15(18)11-3-4-12-9-21(5-6-22)16(23)13(12)7-11;1-4-5-9(2)10-6-11(13)8-12(7-10)14-3;1-2/h3-4,6-8,19H,1,5,9,18H2,2H3;6-9H,4-5H2,1-3H3;2H2,1H3/b15-14+,20-8-;;. The zero-order valence-electron chi connectivity index (χ0n) is 23.3. The van der Waals surface area contributed by atoms with Gasteiger partial charge >= 0.3 is 0 Å². The van der Waals surface area contributed by atoms with Crippen molar-refractivity contribution in [2.24, 2.45) is 16.5 Å². The van der Waals surface area contributed by atoms with Crippen molar-refractivity contribution in [3.63, 3.8) is 0 Å². The van der Waals surface area contributed by atoms with Gasteiger partial charge in [-0.25, -0.2) is 9.38 Å². The van der Waals surface area contributed by atoms with Crippen LogP contribution in [0.5, 0.6) is 5.75 Å². The summed E-state index contributed by atoms with van der Waals surface area (Å²) in [6.45, 7) is 8.39. The molecule has 212 valence electrons. The van der Waals surface area contributed by atoms with E-state index in [0.29, 0.717) is 47.1 Å². The maximum absolute atomic E-state index is 13.1. The molecule has 1 heterocycles. The summed E-state index contributed by atoms with van der Waals surface area (Å²) in [5.41, 5.74) is 13.9. The van der Waals surface area contributed by atoms with Crippen molar-refractivity contribution in [2.45, 2.75) is 39.2 Å². The van der Waals surface area contributed by atoms with Gasteiger partial charge in [0.15, 0.2) is 0 Å². The largest absolute Gasteiger partial charge is 0.497 e. The lowest BCUT2D eigenvalue weighted by molar-refractivity contribution is -0.108. The summed E-state index contributed by atoms with van der Waals surface area (Å²) in [6, 6.07) is 10.2. The SMILES string of the molecule is C=C(/N=C\C(Cl)=C(/N)c1ccc2c(c1)C(=O)N(CC=O)C2)NC.CCCC(C)c1cc(F)cc(OC)c1.CN. The van der Waals surface area contributed by atoms with E-state index in [1.165, 1.54) is 24.2 Å². The van der Waals surface area contributed by atoms with Crippen molar-refractivity contribution in [2.75, 3.05) is 27.7 Å². The maximum atomic E-state index is 13.1. The van der Waals surface area contributed by atoms with Gasteiger partial charge < -0.3 is 31.2 Å². The smallest absolute Gasteiger partial charge is 0.254 e. The molecule has 0 fully saturated rings. The second-order valence-corrected chi connectivity index (χ2v) is 8.96. The van der Waals surface area contributed by atoms with Gasteiger partial charge in [-0.1, -0.05) is 50.6 Å². The number of nitrogens with two attached hydrogens (primary N) is 2. The third-order valence-electron chi connectivity index (χ3n) is 5.89. The average Bonchev–Trinajstić information content (AvgIpc) is 3.26. The van der Waals surface area contributed by atoms with Gasteiger partial charge in [-0.3, -0.25) is 4.79 Å². The summed E-state index contributed by atoms with van der Waals surface area (Å²) < 4.78 is 18.2. The van der Waals surface area contributed by atoms with E-state index in [-0.39, 0.29) is 23.3 Å². The first kappa shape index (κ1) is 33.3. The fourth-order valence-corrected chi connectivity index (χ4v) is 3.92. The summed E-state index contributed by atoms with van der Waals surface area (Å²) in [4.78, 5) is 28.3. The number of ether oxygens (including phenoxy) is 1. The highest BCUT2D eigenvalue weighted by Gasteiger charge is 2.27. The number of nitrogens with zero attached hydrogens (tertiary/aromatic N) is 2. The van der Waals surface area contributed by atoms with Gasteiger partial charge in [0, 0.05) is 31.4 Å². The second kappa shape index (κ2) is 17.0. The van der Waals surface area contributed by atoms with Crippen LogP contribution in [-0.4, -0.2) is 51.1 Å². The highest BCUT2D eigenvalue weighted by atomic mass is 35.5. The number of methoxy groups -OCH3 is 1. The predicted molar refractivity (Wildman–Crippen MR) is 157 cm³/mol. The van der Waals surface area contributed by atoms with Crippen molar-refractivity contribution in [3.8, 4) is 5.75 Å². The first-order valence-corrected chi connectivity index (χ1v) is 12.9. The van der Waals surface area contributed by atoms with Gasteiger partial charge in [0.1, 0.15) is 23.7 Å². The number of halogens is 2. The molecule has 5 N–H and O–H groups in total. The van der Waals surface area contributed by atoms with E-state index in [4.69, 9.17) is 22.1 Å². The van der Waals surface area contributed by atoms with E-state index in [1.54, 1.807) is 32.4 Å². The fourth-order valence-electron chi connectivity index (χ4n) is 3.76. The predicted octanol–water partition coefficient (Wildman–Crippen LogP) is 4.78. The first-order chi connectivity index (χ1) is 18.6. The van der Waals surface area contributed by atoms with Crippen molar-refractivity contribution in [3.05, 3.63) is 81.9 Å². The van der Waals surface area contributed by atoms with Crippen LogP contribution in [0.2, 0.25) is 0 Å². The molecule has 2 aromatic carbocycles. The van der Waals surface area contributed by atoms with Crippen LogP contribution < -0.4 is 21.5 Å². The van der Waals surface area contributed by atoms with E-state index >= 15 is 0 Å². The number of fused-ring (bicyclic) bond motifs is 1. The Balaban J connectivity index is 0.000000407. The Bertz CT molecular complexity index is 1200. The molecular weight excluding hydrogens is 521 g/mol. The molecule has 10 heteroatoms. The van der Waals surface area contributed by atoms with Crippen LogP contribution in [0.15, 0.2) is 58.8 Å². The number of carbonyl (C=O) groups is 2. The van der Waals surface area contributed by atoms with E-state index in [0.717, 1.165) is 24.0 Å². The van der Waals surface area contributed by atoms with Crippen LogP contribution in [0.4, 0.5) is 4.39 Å². The van der Waals surface area contributed by atoms with E-state index in [1.807, 2.05) is 12.1 Å². The van der Waals surface area contributed by atoms with Crippen LogP contribution in [-0.2, 0) is 11.3 Å². The summed E-state index contributed by atoms with van der Waals surface area (Å²) in [5.74, 6) is 1.04. The zero-order valence-corrected chi connectivity index (χ0v) is 24.0. The molecule has 1 atom stereocenters. The van der Waals surface area contributed by atoms with Gasteiger partial charge in [-0.2, -0.15) is 0 Å². The van der Waals surface area contributed by atoms with E-state index in [2.05, 4.69) is 36.5 Å². The minimum absolute atomic E-state index is 0.0771. The average molecular weight is 560 g/mol. The summed E-state index contributed by atoms with van der Waals surface area (Å²) >= 11 is 6.13. The third kappa shape index (κ3) is 9.85. The topological polar surface area (TPSA) is 123 Å².